The first kappa shape index (κ1) is 12.3. The Morgan fingerprint density at radius 3 is 2.95 bits per heavy atom. The summed E-state index contributed by atoms with van der Waals surface area (Å²) in [7, 11) is 0. The van der Waals surface area contributed by atoms with Crippen LogP contribution in [0, 0.1) is 10.1 Å². The van der Waals surface area contributed by atoms with Gasteiger partial charge in [0.1, 0.15) is 10.8 Å². The lowest BCUT2D eigenvalue weighted by atomic mass is 10.1. The van der Waals surface area contributed by atoms with Crippen molar-refractivity contribution in [1.82, 2.24) is 15.2 Å². The van der Waals surface area contributed by atoms with E-state index in [1.807, 2.05) is 5.38 Å². The maximum atomic E-state index is 10.8. The number of thiazole rings is 1. The van der Waals surface area contributed by atoms with Crippen LogP contribution in [0.1, 0.15) is 0 Å². The number of anilines is 1. The molecule has 0 radical (unpaired) electrons. The molecule has 0 atom stereocenters. The summed E-state index contributed by atoms with van der Waals surface area (Å²) in [6.07, 6.45) is 1.60. The van der Waals surface area contributed by atoms with E-state index in [4.69, 9.17) is 5.73 Å². The molecule has 0 aliphatic heterocycles. The highest BCUT2D eigenvalue weighted by Gasteiger charge is 2.13. The van der Waals surface area contributed by atoms with Crippen molar-refractivity contribution in [2.75, 3.05) is 5.73 Å². The summed E-state index contributed by atoms with van der Waals surface area (Å²) in [5, 5.41) is 19.8. The minimum atomic E-state index is -0.426. The van der Waals surface area contributed by atoms with Gasteiger partial charge in [-0.05, 0) is 0 Å². The van der Waals surface area contributed by atoms with Crippen molar-refractivity contribution in [3.63, 3.8) is 0 Å². The molecule has 2 heterocycles. The van der Waals surface area contributed by atoms with Crippen molar-refractivity contribution >= 4 is 22.8 Å². The molecule has 0 amide bonds. The lowest BCUT2D eigenvalue weighted by molar-refractivity contribution is -0.384. The zero-order valence-electron chi connectivity index (χ0n) is 10.1. The molecule has 3 N–H and O–H groups in total. The first-order valence-electron chi connectivity index (χ1n) is 5.64. The highest BCUT2D eigenvalue weighted by atomic mass is 32.1. The normalized spacial score (nSPS) is 10.6. The van der Waals surface area contributed by atoms with Crippen LogP contribution in [-0.4, -0.2) is 20.1 Å². The molecule has 0 bridgehead atoms. The third-order valence-corrected chi connectivity index (χ3v) is 3.63. The average molecular weight is 287 g/mol. The zero-order chi connectivity index (χ0) is 14.1. The van der Waals surface area contributed by atoms with E-state index in [1.54, 1.807) is 18.3 Å². The minimum absolute atomic E-state index is 0.0416. The number of H-pyrrole nitrogens is 1. The van der Waals surface area contributed by atoms with Crippen LogP contribution in [0.4, 0.5) is 11.5 Å². The summed E-state index contributed by atoms with van der Waals surface area (Å²) in [5.74, 6) is 0.449. The molecule has 2 aromatic heterocycles. The van der Waals surface area contributed by atoms with Crippen LogP contribution in [0.15, 0.2) is 35.8 Å². The maximum absolute atomic E-state index is 10.8. The van der Waals surface area contributed by atoms with E-state index in [0.717, 1.165) is 10.6 Å². The van der Waals surface area contributed by atoms with Crippen LogP contribution >= 0.6 is 11.3 Å². The third-order valence-electron chi connectivity index (χ3n) is 2.76. The SMILES string of the molecule is Nc1[nH]ncc1-c1nc(-c2cccc([N+](=O)[O-])c2)cs1. The number of hydrogen-bond acceptors (Lipinski definition) is 6. The number of nitrogens with zero attached hydrogens (tertiary/aromatic N) is 3. The van der Waals surface area contributed by atoms with Crippen LogP contribution in [0.25, 0.3) is 21.8 Å². The lowest BCUT2D eigenvalue weighted by Crippen LogP contribution is -1.89. The zero-order valence-corrected chi connectivity index (χ0v) is 10.9. The van der Waals surface area contributed by atoms with E-state index in [2.05, 4.69) is 15.2 Å². The highest BCUT2D eigenvalue weighted by molar-refractivity contribution is 7.13. The number of nitro benzene ring substituents is 1. The standard InChI is InChI=1S/C12H9N5O2S/c13-11-9(5-14-16-11)12-15-10(6-20-12)7-2-1-3-8(4-7)17(18)19/h1-6H,(H3,13,14,16). The van der Waals surface area contributed by atoms with Gasteiger partial charge in [0.25, 0.3) is 5.69 Å². The van der Waals surface area contributed by atoms with Gasteiger partial charge in [-0.15, -0.1) is 11.3 Å². The molecule has 7 nitrogen and oxygen atoms in total. The van der Waals surface area contributed by atoms with Gasteiger partial charge >= 0.3 is 0 Å². The molecule has 8 heteroatoms. The Labute approximate surface area is 117 Å². The van der Waals surface area contributed by atoms with Gasteiger partial charge in [-0.1, -0.05) is 12.1 Å². The molecule has 1 aromatic carbocycles. The van der Waals surface area contributed by atoms with Gasteiger partial charge in [-0.3, -0.25) is 15.2 Å². The Kier molecular flexibility index (Phi) is 2.92. The molecule has 20 heavy (non-hydrogen) atoms. The molecule has 3 rings (SSSR count). The van der Waals surface area contributed by atoms with Crippen molar-refractivity contribution in [3.8, 4) is 21.8 Å². The van der Waals surface area contributed by atoms with Crippen LogP contribution in [0.2, 0.25) is 0 Å². The summed E-state index contributed by atoms with van der Waals surface area (Å²) in [6.45, 7) is 0. The number of benzene rings is 1. The summed E-state index contributed by atoms with van der Waals surface area (Å²) in [6, 6.07) is 6.37. The number of hydrogen-bond donors (Lipinski definition) is 2. The Morgan fingerprint density at radius 1 is 1.40 bits per heavy atom. The fourth-order valence-electron chi connectivity index (χ4n) is 1.78. The van der Waals surface area contributed by atoms with Crippen molar-refractivity contribution in [1.29, 1.82) is 0 Å². The van der Waals surface area contributed by atoms with Gasteiger partial charge in [0.2, 0.25) is 0 Å². The van der Waals surface area contributed by atoms with E-state index in [9.17, 15) is 10.1 Å². The fourth-order valence-corrected chi connectivity index (χ4v) is 2.63. The molecule has 100 valence electrons. The van der Waals surface area contributed by atoms with E-state index < -0.39 is 4.92 Å². The quantitative estimate of drug-likeness (QED) is 0.568. The van der Waals surface area contributed by atoms with Crippen LogP contribution < -0.4 is 5.73 Å². The predicted molar refractivity (Wildman–Crippen MR) is 76.2 cm³/mol. The molecule has 0 fully saturated rings. The first-order valence-corrected chi connectivity index (χ1v) is 6.52. The number of nitrogen functional groups attached to an aromatic ring is 1. The van der Waals surface area contributed by atoms with Gasteiger partial charge in [-0.25, -0.2) is 4.98 Å². The van der Waals surface area contributed by atoms with Gasteiger partial charge in [-0.2, -0.15) is 5.10 Å². The van der Waals surface area contributed by atoms with E-state index in [-0.39, 0.29) is 5.69 Å². The van der Waals surface area contributed by atoms with Gasteiger partial charge in [0.05, 0.1) is 22.4 Å². The topological polar surface area (TPSA) is 111 Å². The highest BCUT2D eigenvalue weighted by Crippen LogP contribution is 2.31. The number of non-ortho nitro benzene ring substituents is 1. The minimum Gasteiger partial charge on any atom is -0.383 e. The molecular formula is C12H9N5O2S. The van der Waals surface area contributed by atoms with Crippen LogP contribution in [0.3, 0.4) is 0 Å². The smallest absolute Gasteiger partial charge is 0.270 e. The number of aromatic nitrogens is 3. The monoisotopic (exact) mass is 287 g/mol. The number of nitrogens with one attached hydrogen (secondary N) is 1. The van der Waals surface area contributed by atoms with Crippen molar-refractivity contribution in [2.45, 2.75) is 0 Å². The fraction of sp³-hybridized carbons (Fsp3) is 0. The molecule has 0 saturated carbocycles. The van der Waals surface area contributed by atoms with Crippen LogP contribution in [-0.2, 0) is 0 Å². The number of nitrogens with two attached hydrogens (primary N) is 1. The Morgan fingerprint density at radius 2 is 2.25 bits per heavy atom. The second-order valence-electron chi connectivity index (χ2n) is 4.04. The maximum Gasteiger partial charge on any atom is 0.270 e. The molecule has 3 aromatic rings. The second-order valence-corrected chi connectivity index (χ2v) is 4.90. The number of nitro groups is 1. The Balaban J connectivity index is 2.00. The third kappa shape index (κ3) is 2.12. The van der Waals surface area contributed by atoms with Gasteiger partial charge in [0, 0.05) is 23.1 Å². The van der Waals surface area contributed by atoms with E-state index >= 15 is 0 Å². The second kappa shape index (κ2) is 4.74. The molecule has 0 saturated heterocycles. The summed E-state index contributed by atoms with van der Waals surface area (Å²) >= 11 is 1.41. The average Bonchev–Trinajstić information content (AvgIpc) is 3.07. The lowest BCUT2D eigenvalue weighted by Gasteiger charge is -1.96. The molecular weight excluding hydrogens is 278 g/mol. The van der Waals surface area contributed by atoms with Crippen molar-refractivity contribution in [3.05, 3.63) is 46.0 Å². The largest absolute Gasteiger partial charge is 0.383 e. The predicted octanol–water partition coefficient (Wildman–Crippen LogP) is 2.69. The Bertz CT molecular complexity index is 780. The Hall–Kier alpha value is -2.74. The molecule has 0 aliphatic rings. The summed E-state index contributed by atoms with van der Waals surface area (Å²) in [5.41, 5.74) is 7.89. The van der Waals surface area contributed by atoms with Gasteiger partial charge < -0.3 is 5.73 Å². The number of aromatic amines is 1. The van der Waals surface area contributed by atoms with Crippen molar-refractivity contribution < 1.29 is 4.92 Å². The summed E-state index contributed by atoms with van der Waals surface area (Å²) < 4.78 is 0. The summed E-state index contributed by atoms with van der Waals surface area (Å²) in [4.78, 5) is 14.8. The molecule has 0 spiro atoms. The van der Waals surface area contributed by atoms with Crippen LogP contribution in [0.5, 0.6) is 0 Å². The van der Waals surface area contributed by atoms with Gasteiger partial charge in [0.15, 0.2) is 0 Å². The van der Waals surface area contributed by atoms with E-state index in [0.29, 0.717) is 17.1 Å². The number of rotatable bonds is 3. The molecule has 0 aliphatic carbocycles. The van der Waals surface area contributed by atoms with Crippen molar-refractivity contribution in [2.24, 2.45) is 0 Å². The van der Waals surface area contributed by atoms with E-state index in [1.165, 1.54) is 23.5 Å². The molecule has 0 unspecified atom stereocenters. The first-order chi connectivity index (χ1) is 9.65.